The normalized spacial score (nSPS) is 14.6. The zero-order valence-electron chi connectivity index (χ0n) is 17.8. The molecule has 1 aliphatic heterocycles. The SMILES string of the molecule is CN1C(=O)C(=Nn2c(-c3ccccc3F)csc2=Nc2ccccc2[N+](=O)[O-])c2ccccc21. The number of aromatic nitrogens is 1. The van der Waals surface area contributed by atoms with E-state index in [9.17, 15) is 19.3 Å². The lowest BCUT2D eigenvalue weighted by Crippen LogP contribution is -2.27. The molecule has 1 amide bonds. The van der Waals surface area contributed by atoms with Gasteiger partial charge in [0.05, 0.1) is 16.3 Å². The summed E-state index contributed by atoms with van der Waals surface area (Å²) < 4.78 is 16.1. The van der Waals surface area contributed by atoms with E-state index in [1.54, 1.807) is 54.9 Å². The summed E-state index contributed by atoms with van der Waals surface area (Å²) in [6, 6.07) is 19.5. The van der Waals surface area contributed by atoms with Crippen molar-refractivity contribution in [1.82, 2.24) is 4.68 Å². The number of benzene rings is 3. The van der Waals surface area contributed by atoms with E-state index < -0.39 is 10.7 Å². The number of halogens is 1. The van der Waals surface area contributed by atoms with Crippen molar-refractivity contribution in [3.05, 3.63) is 104 Å². The number of rotatable bonds is 4. The number of likely N-dealkylation sites (N-methyl/N-ethyl adjacent to an activating group) is 1. The van der Waals surface area contributed by atoms with Gasteiger partial charge in [-0.2, -0.15) is 5.10 Å². The van der Waals surface area contributed by atoms with Gasteiger partial charge >= 0.3 is 0 Å². The molecule has 0 fully saturated rings. The van der Waals surface area contributed by atoms with Crippen molar-refractivity contribution in [2.45, 2.75) is 0 Å². The third kappa shape index (κ3) is 3.59. The van der Waals surface area contributed by atoms with Gasteiger partial charge in [-0.3, -0.25) is 14.9 Å². The van der Waals surface area contributed by atoms with Gasteiger partial charge in [-0.15, -0.1) is 11.3 Å². The Morgan fingerprint density at radius 2 is 1.65 bits per heavy atom. The van der Waals surface area contributed by atoms with Gasteiger partial charge in [0.25, 0.3) is 11.6 Å². The molecule has 8 nitrogen and oxygen atoms in total. The number of nitro benzene ring substituents is 1. The third-order valence-electron chi connectivity index (χ3n) is 5.36. The predicted octanol–water partition coefficient (Wildman–Crippen LogP) is 4.73. The van der Waals surface area contributed by atoms with Crippen LogP contribution in [-0.2, 0) is 4.79 Å². The van der Waals surface area contributed by atoms with E-state index >= 15 is 0 Å². The Morgan fingerprint density at radius 3 is 2.41 bits per heavy atom. The molecule has 0 aliphatic carbocycles. The van der Waals surface area contributed by atoms with Crippen LogP contribution in [0.15, 0.2) is 88.3 Å². The predicted molar refractivity (Wildman–Crippen MR) is 128 cm³/mol. The second-order valence-electron chi connectivity index (χ2n) is 7.38. The Kier molecular flexibility index (Phi) is 5.34. The molecule has 0 saturated carbocycles. The Bertz CT molecular complexity index is 1560. The smallest absolute Gasteiger partial charge is 0.294 e. The first-order chi connectivity index (χ1) is 16.5. The van der Waals surface area contributed by atoms with Crippen LogP contribution < -0.4 is 9.70 Å². The minimum absolute atomic E-state index is 0.124. The fourth-order valence-corrected chi connectivity index (χ4v) is 4.52. The van der Waals surface area contributed by atoms with Crippen LogP contribution in [0.4, 0.5) is 21.5 Å². The van der Waals surface area contributed by atoms with Gasteiger partial charge in [0, 0.05) is 29.6 Å². The highest BCUT2D eigenvalue weighted by atomic mass is 32.1. The second-order valence-corrected chi connectivity index (χ2v) is 8.22. The number of para-hydroxylation sites is 3. The monoisotopic (exact) mass is 473 g/mol. The molecule has 4 aromatic rings. The molecule has 1 aliphatic rings. The molecule has 0 saturated heterocycles. The molecule has 5 rings (SSSR count). The molecule has 0 spiro atoms. The molecule has 0 radical (unpaired) electrons. The van der Waals surface area contributed by atoms with Crippen molar-refractivity contribution in [2.75, 3.05) is 11.9 Å². The maximum Gasteiger partial charge on any atom is 0.294 e. The lowest BCUT2D eigenvalue weighted by atomic mass is 10.1. The molecular formula is C24H16FN5O3S. The summed E-state index contributed by atoms with van der Waals surface area (Å²) in [7, 11) is 1.65. The summed E-state index contributed by atoms with van der Waals surface area (Å²) in [6.07, 6.45) is 0. The topological polar surface area (TPSA) is 93.1 Å². The zero-order valence-corrected chi connectivity index (χ0v) is 18.6. The highest BCUT2D eigenvalue weighted by Gasteiger charge is 2.32. The first-order valence-electron chi connectivity index (χ1n) is 10.2. The lowest BCUT2D eigenvalue weighted by Gasteiger charge is -2.08. The molecule has 0 bridgehead atoms. The van der Waals surface area contributed by atoms with E-state index in [2.05, 4.69) is 10.1 Å². The number of fused-ring (bicyclic) bond motifs is 1. The average molecular weight is 473 g/mol. The van der Waals surface area contributed by atoms with E-state index in [0.717, 1.165) is 11.3 Å². The van der Waals surface area contributed by atoms with Crippen molar-refractivity contribution >= 4 is 40.0 Å². The van der Waals surface area contributed by atoms with Gasteiger partial charge < -0.3 is 4.90 Å². The summed E-state index contributed by atoms with van der Waals surface area (Å²) >= 11 is 1.14. The molecule has 10 heteroatoms. The number of hydrogen-bond donors (Lipinski definition) is 0. The summed E-state index contributed by atoms with van der Waals surface area (Å²) in [5.41, 5.74) is 2.07. The Morgan fingerprint density at radius 1 is 0.971 bits per heavy atom. The molecule has 2 heterocycles. The minimum atomic E-state index is -0.522. The van der Waals surface area contributed by atoms with Crippen LogP contribution in [-0.4, -0.2) is 28.3 Å². The maximum atomic E-state index is 14.7. The third-order valence-corrected chi connectivity index (χ3v) is 6.17. The number of nitrogens with zero attached hydrogens (tertiary/aromatic N) is 5. The van der Waals surface area contributed by atoms with Crippen LogP contribution in [0, 0.1) is 15.9 Å². The van der Waals surface area contributed by atoms with Gasteiger partial charge in [0.1, 0.15) is 11.5 Å². The number of anilines is 1. The Balaban J connectivity index is 1.79. The summed E-state index contributed by atoms with van der Waals surface area (Å²) in [6.45, 7) is 0. The van der Waals surface area contributed by atoms with E-state index in [-0.39, 0.29) is 33.4 Å². The van der Waals surface area contributed by atoms with Gasteiger partial charge in [-0.05, 0) is 24.3 Å². The summed E-state index contributed by atoms with van der Waals surface area (Å²) in [5, 5.41) is 17.7. The quantitative estimate of drug-likeness (QED) is 0.317. The largest absolute Gasteiger partial charge is 0.309 e. The highest BCUT2D eigenvalue weighted by Crippen LogP contribution is 2.30. The molecule has 0 atom stereocenters. The molecule has 34 heavy (non-hydrogen) atoms. The number of amides is 1. The van der Waals surface area contributed by atoms with Crippen molar-refractivity contribution in [1.29, 1.82) is 0 Å². The molecule has 0 N–H and O–H groups in total. The summed E-state index contributed by atoms with van der Waals surface area (Å²) in [4.78, 5) is 30.2. The zero-order chi connectivity index (χ0) is 23.8. The van der Waals surface area contributed by atoms with Gasteiger partial charge in [-0.1, -0.05) is 42.5 Å². The van der Waals surface area contributed by atoms with Gasteiger partial charge in [0.15, 0.2) is 5.71 Å². The molecule has 1 aromatic heterocycles. The van der Waals surface area contributed by atoms with E-state index in [1.165, 1.54) is 27.8 Å². The standard InChI is InChI=1S/C24H16FN5O3S/c1-28-19-12-6-3-9-16(19)22(23(28)31)27-29-21(15-8-2-4-10-17(15)25)14-34-24(29)26-18-11-5-7-13-20(18)30(32)33/h2-14H,1H3. The highest BCUT2D eigenvalue weighted by molar-refractivity contribution is 7.07. The molecule has 0 unspecified atom stereocenters. The fourth-order valence-electron chi connectivity index (χ4n) is 3.69. The van der Waals surface area contributed by atoms with Crippen LogP contribution in [0.5, 0.6) is 0 Å². The molecular weight excluding hydrogens is 457 g/mol. The number of thiazole rings is 1. The first kappa shape index (κ1) is 21.4. The Labute approximate surface area is 196 Å². The van der Waals surface area contributed by atoms with Crippen molar-refractivity contribution in [2.24, 2.45) is 10.1 Å². The minimum Gasteiger partial charge on any atom is -0.309 e. The van der Waals surface area contributed by atoms with Gasteiger partial charge in [-0.25, -0.2) is 14.1 Å². The van der Waals surface area contributed by atoms with Crippen molar-refractivity contribution < 1.29 is 14.1 Å². The maximum absolute atomic E-state index is 14.7. The Hall–Kier alpha value is -4.44. The fraction of sp³-hybridized carbons (Fsp3) is 0.0417. The number of hydrogen-bond acceptors (Lipinski definition) is 6. The molecule has 168 valence electrons. The summed E-state index contributed by atoms with van der Waals surface area (Å²) in [5.74, 6) is -0.794. The first-order valence-corrected chi connectivity index (χ1v) is 11.0. The van der Waals surface area contributed by atoms with E-state index in [0.29, 0.717) is 16.9 Å². The van der Waals surface area contributed by atoms with Crippen LogP contribution >= 0.6 is 11.3 Å². The number of carbonyl (C=O) groups excluding carboxylic acids is 1. The van der Waals surface area contributed by atoms with Crippen LogP contribution in [0.3, 0.4) is 0 Å². The van der Waals surface area contributed by atoms with Crippen LogP contribution in [0.2, 0.25) is 0 Å². The van der Waals surface area contributed by atoms with Crippen LogP contribution in [0.1, 0.15) is 5.56 Å². The lowest BCUT2D eigenvalue weighted by molar-refractivity contribution is -0.384. The number of nitro groups is 1. The second kappa shape index (κ2) is 8.49. The average Bonchev–Trinajstić information content (AvgIpc) is 3.34. The van der Waals surface area contributed by atoms with Gasteiger partial charge in [0.2, 0.25) is 4.80 Å². The number of carbonyl (C=O) groups is 1. The van der Waals surface area contributed by atoms with Crippen LogP contribution in [0.25, 0.3) is 11.3 Å². The molecule has 3 aromatic carbocycles. The van der Waals surface area contributed by atoms with E-state index in [1.807, 2.05) is 12.1 Å². The van der Waals surface area contributed by atoms with Crippen molar-refractivity contribution in [3.8, 4) is 11.3 Å². The van der Waals surface area contributed by atoms with Crippen molar-refractivity contribution in [3.63, 3.8) is 0 Å². The van der Waals surface area contributed by atoms with E-state index in [4.69, 9.17) is 0 Å².